The Bertz CT molecular complexity index is 547. The predicted molar refractivity (Wildman–Crippen MR) is 72.1 cm³/mol. The van der Waals surface area contributed by atoms with Crippen molar-refractivity contribution in [3.63, 3.8) is 0 Å². The zero-order valence-corrected chi connectivity index (χ0v) is 10.5. The zero-order valence-electron chi connectivity index (χ0n) is 10.5. The fourth-order valence-corrected chi connectivity index (χ4v) is 2.54. The summed E-state index contributed by atoms with van der Waals surface area (Å²) in [5.41, 5.74) is 1.28. The Balaban J connectivity index is 2.12. The van der Waals surface area contributed by atoms with E-state index in [9.17, 15) is 0 Å². The zero-order chi connectivity index (χ0) is 12.4. The SMILES string of the molecule is COc1ccc([C@H]2COCCN2)c2ccccc12. The van der Waals surface area contributed by atoms with E-state index >= 15 is 0 Å². The fourth-order valence-electron chi connectivity index (χ4n) is 2.54. The van der Waals surface area contributed by atoms with Gasteiger partial charge in [-0.2, -0.15) is 0 Å². The standard InChI is InChI=1S/C15H17NO2/c1-17-15-7-6-12(14-10-18-9-8-16-14)11-4-2-3-5-13(11)15/h2-7,14,16H,8-10H2,1H3/t14-/m1/s1. The summed E-state index contributed by atoms with van der Waals surface area (Å²) in [6, 6.07) is 12.8. The van der Waals surface area contributed by atoms with Gasteiger partial charge in [-0.3, -0.25) is 0 Å². The van der Waals surface area contributed by atoms with Crippen LogP contribution in [0, 0.1) is 0 Å². The van der Waals surface area contributed by atoms with Crippen LogP contribution in [0.4, 0.5) is 0 Å². The third-order valence-corrected chi connectivity index (χ3v) is 3.43. The van der Waals surface area contributed by atoms with Crippen molar-refractivity contribution in [3.05, 3.63) is 42.0 Å². The molecule has 3 nitrogen and oxygen atoms in total. The van der Waals surface area contributed by atoms with Gasteiger partial charge in [0, 0.05) is 11.9 Å². The van der Waals surface area contributed by atoms with E-state index in [0.29, 0.717) is 0 Å². The molecule has 0 spiro atoms. The number of ether oxygens (including phenoxy) is 2. The lowest BCUT2D eigenvalue weighted by Gasteiger charge is -2.25. The monoisotopic (exact) mass is 243 g/mol. The van der Waals surface area contributed by atoms with Crippen molar-refractivity contribution in [2.75, 3.05) is 26.9 Å². The van der Waals surface area contributed by atoms with Gasteiger partial charge in [-0.25, -0.2) is 0 Å². The van der Waals surface area contributed by atoms with Crippen molar-refractivity contribution in [2.45, 2.75) is 6.04 Å². The third-order valence-electron chi connectivity index (χ3n) is 3.43. The van der Waals surface area contributed by atoms with E-state index in [-0.39, 0.29) is 6.04 Å². The molecule has 2 aromatic rings. The van der Waals surface area contributed by atoms with Gasteiger partial charge in [-0.05, 0) is 17.0 Å². The molecular formula is C15H17NO2. The highest BCUT2D eigenvalue weighted by molar-refractivity contribution is 5.91. The van der Waals surface area contributed by atoms with Crippen molar-refractivity contribution >= 4 is 10.8 Å². The summed E-state index contributed by atoms with van der Waals surface area (Å²) in [5, 5.41) is 5.89. The first-order valence-corrected chi connectivity index (χ1v) is 6.27. The number of rotatable bonds is 2. The van der Waals surface area contributed by atoms with Crippen LogP contribution in [0.25, 0.3) is 10.8 Å². The molecule has 1 fully saturated rings. The maximum atomic E-state index is 5.55. The second-order valence-electron chi connectivity index (χ2n) is 4.48. The number of fused-ring (bicyclic) bond motifs is 1. The number of methoxy groups -OCH3 is 1. The number of hydrogen-bond acceptors (Lipinski definition) is 3. The van der Waals surface area contributed by atoms with Gasteiger partial charge < -0.3 is 14.8 Å². The van der Waals surface area contributed by atoms with Crippen molar-refractivity contribution in [2.24, 2.45) is 0 Å². The summed E-state index contributed by atoms with van der Waals surface area (Å²) in [7, 11) is 1.71. The van der Waals surface area contributed by atoms with Crippen LogP contribution in [-0.4, -0.2) is 26.9 Å². The highest BCUT2D eigenvalue weighted by Gasteiger charge is 2.18. The summed E-state index contributed by atoms with van der Waals surface area (Å²) in [6.07, 6.45) is 0. The molecule has 0 aliphatic carbocycles. The first kappa shape index (κ1) is 11.5. The average Bonchev–Trinajstić information content (AvgIpc) is 2.47. The maximum absolute atomic E-state index is 5.55. The molecule has 1 saturated heterocycles. The Kier molecular flexibility index (Phi) is 3.17. The second-order valence-corrected chi connectivity index (χ2v) is 4.48. The summed E-state index contributed by atoms with van der Waals surface area (Å²) in [5.74, 6) is 0.922. The van der Waals surface area contributed by atoms with Crippen LogP contribution in [0.5, 0.6) is 5.75 Å². The van der Waals surface area contributed by atoms with E-state index in [1.165, 1.54) is 10.9 Å². The molecule has 0 amide bonds. The smallest absolute Gasteiger partial charge is 0.126 e. The minimum absolute atomic E-state index is 0.273. The van der Waals surface area contributed by atoms with E-state index < -0.39 is 0 Å². The first-order valence-electron chi connectivity index (χ1n) is 6.27. The molecule has 1 atom stereocenters. The minimum atomic E-state index is 0.273. The van der Waals surface area contributed by atoms with Crippen molar-refractivity contribution in [1.29, 1.82) is 0 Å². The van der Waals surface area contributed by atoms with E-state index in [1.807, 2.05) is 12.1 Å². The molecule has 3 rings (SSSR count). The van der Waals surface area contributed by atoms with Gasteiger partial charge in [0.05, 0.1) is 26.4 Å². The maximum Gasteiger partial charge on any atom is 0.126 e. The molecule has 1 aliphatic heterocycles. The lowest BCUT2D eigenvalue weighted by Crippen LogP contribution is -2.34. The predicted octanol–water partition coefficient (Wildman–Crippen LogP) is 2.51. The Morgan fingerprint density at radius 3 is 2.72 bits per heavy atom. The molecular weight excluding hydrogens is 226 g/mol. The molecule has 18 heavy (non-hydrogen) atoms. The Labute approximate surface area is 107 Å². The highest BCUT2D eigenvalue weighted by atomic mass is 16.5. The van der Waals surface area contributed by atoms with Crippen molar-refractivity contribution < 1.29 is 9.47 Å². The van der Waals surface area contributed by atoms with Crippen LogP contribution in [-0.2, 0) is 4.74 Å². The van der Waals surface area contributed by atoms with Crippen LogP contribution in [0.15, 0.2) is 36.4 Å². The number of nitrogens with one attached hydrogen (secondary N) is 1. The Morgan fingerprint density at radius 2 is 2.00 bits per heavy atom. The van der Waals surface area contributed by atoms with Crippen LogP contribution in [0.3, 0.4) is 0 Å². The Hall–Kier alpha value is -1.58. The summed E-state index contributed by atoms with van der Waals surface area (Å²) >= 11 is 0. The van der Waals surface area contributed by atoms with E-state index in [4.69, 9.17) is 9.47 Å². The van der Waals surface area contributed by atoms with Gasteiger partial charge in [0.15, 0.2) is 0 Å². The van der Waals surface area contributed by atoms with Crippen LogP contribution in [0.1, 0.15) is 11.6 Å². The number of morpholine rings is 1. The first-order chi connectivity index (χ1) is 8.90. The third kappa shape index (κ3) is 1.96. The molecule has 0 saturated carbocycles. The largest absolute Gasteiger partial charge is 0.496 e. The molecule has 0 radical (unpaired) electrons. The molecule has 0 bridgehead atoms. The van der Waals surface area contributed by atoms with Gasteiger partial charge >= 0.3 is 0 Å². The van der Waals surface area contributed by atoms with E-state index in [2.05, 4.69) is 29.6 Å². The lowest BCUT2D eigenvalue weighted by molar-refractivity contribution is 0.0773. The number of hydrogen-bond donors (Lipinski definition) is 1. The van der Waals surface area contributed by atoms with Crippen molar-refractivity contribution in [1.82, 2.24) is 5.32 Å². The van der Waals surface area contributed by atoms with Gasteiger partial charge in [-0.15, -0.1) is 0 Å². The molecule has 0 unspecified atom stereocenters. The van der Waals surface area contributed by atoms with E-state index in [0.717, 1.165) is 30.9 Å². The quantitative estimate of drug-likeness (QED) is 0.879. The molecule has 3 heteroatoms. The minimum Gasteiger partial charge on any atom is -0.496 e. The lowest BCUT2D eigenvalue weighted by atomic mass is 9.98. The van der Waals surface area contributed by atoms with Crippen LogP contribution in [0.2, 0.25) is 0 Å². The topological polar surface area (TPSA) is 30.5 Å². The Morgan fingerprint density at radius 1 is 1.17 bits per heavy atom. The van der Waals surface area contributed by atoms with Crippen LogP contribution >= 0.6 is 0 Å². The van der Waals surface area contributed by atoms with Crippen molar-refractivity contribution in [3.8, 4) is 5.75 Å². The fraction of sp³-hybridized carbons (Fsp3) is 0.333. The van der Waals surface area contributed by atoms with E-state index in [1.54, 1.807) is 7.11 Å². The molecule has 2 aromatic carbocycles. The summed E-state index contributed by atoms with van der Waals surface area (Å²) in [4.78, 5) is 0. The summed E-state index contributed by atoms with van der Waals surface area (Å²) < 4.78 is 11.0. The highest BCUT2D eigenvalue weighted by Crippen LogP contribution is 2.32. The van der Waals surface area contributed by atoms with Gasteiger partial charge in [0.2, 0.25) is 0 Å². The van der Waals surface area contributed by atoms with Gasteiger partial charge in [0.25, 0.3) is 0 Å². The molecule has 1 N–H and O–H groups in total. The normalized spacial score (nSPS) is 19.9. The molecule has 1 heterocycles. The molecule has 1 aliphatic rings. The van der Waals surface area contributed by atoms with Crippen LogP contribution < -0.4 is 10.1 Å². The van der Waals surface area contributed by atoms with Gasteiger partial charge in [-0.1, -0.05) is 30.3 Å². The van der Waals surface area contributed by atoms with Gasteiger partial charge in [0.1, 0.15) is 5.75 Å². The average molecular weight is 243 g/mol. The second kappa shape index (κ2) is 4.96. The number of benzene rings is 2. The molecule has 0 aromatic heterocycles. The summed E-state index contributed by atoms with van der Waals surface area (Å²) in [6.45, 7) is 2.44. The molecule has 94 valence electrons.